The number of hydrogen-bond donors (Lipinski definition) is 2. The van der Waals surface area contributed by atoms with Crippen LogP contribution >= 0.6 is 0 Å². The highest BCUT2D eigenvalue weighted by Crippen LogP contribution is 1.90. The van der Waals surface area contributed by atoms with Gasteiger partial charge in [-0.3, -0.25) is 0 Å². The van der Waals surface area contributed by atoms with Gasteiger partial charge in [0.05, 0.1) is 0 Å². The normalized spacial score (nSPS) is 8.73. The monoisotopic (exact) mass is 160 g/mol. The summed E-state index contributed by atoms with van der Waals surface area (Å²) in [6.07, 6.45) is 3.94. The van der Waals surface area contributed by atoms with Crippen LogP contribution in [0.5, 0.6) is 0 Å². The molecule has 11 heavy (non-hydrogen) atoms. The van der Waals surface area contributed by atoms with Crippen LogP contribution in [0.1, 0.15) is 33.1 Å². The third kappa shape index (κ3) is 17.8. The Hall–Kier alpha value is -0.0800. The molecule has 0 heterocycles. The lowest BCUT2D eigenvalue weighted by Gasteiger charge is -1.98. The first-order valence-electron chi connectivity index (χ1n) is 4.71. The Kier molecular flexibility index (Phi) is 20.2. The van der Waals surface area contributed by atoms with Gasteiger partial charge < -0.3 is 10.6 Å². The molecule has 0 unspecified atom stereocenters. The fourth-order valence-electron chi connectivity index (χ4n) is 0.780. The molecule has 0 radical (unpaired) electrons. The third-order valence-electron chi connectivity index (χ3n) is 1.35. The van der Waals surface area contributed by atoms with Gasteiger partial charge in [0.1, 0.15) is 0 Å². The maximum atomic E-state index is 3.12. The van der Waals surface area contributed by atoms with Gasteiger partial charge in [0.15, 0.2) is 0 Å². The summed E-state index contributed by atoms with van der Waals surface area (Å²) in [6, 6.07) is 0. The van der Waals surface area contributed by atoms with Crippen molar-refractivity contribution in [2.24, 2.45) is 0 Å². The standard InChI is InChI=1S/C7H18N2.C2H6/c1-8-6-4-3-5-7-9-2;1-2/h8-9H,3-7H2,1-2H3;1-2H3. The molecular formula is C9H24N2. The van der Waals surface area contributed by atoms with E-state index >= 15 is 0 Å². The van der Waals surface area contributed by atoms with Gasteiger partial charge in [-0.25, -0.2) is 0 Å². The van der Waals surface area contributed by atoms with Gasteiger partial charge in [-0.2, -0.15) is 0 Å². The first kappa shape index (κ1) is 13.5. The second-order valence-corrected chi connectivity index (χ2v) is 2.27. The minimum atomic E-state index is 1.16. The van der Waals surface area contributed by atoms with E-state index in [1.807, 2.05) is 27.9 Å². The summed E-state index contributed by atoms with van der Waals surface area (Å²) in [6.45, 7) is 6.31. The maximum Gasteiger partial charge on any atom is -0.00519 e. The van der Waals surface area contributed by atoms with Crippen molar-refractivity contribution < 1.29 is 0 Å². The number of hydrogen-bond acceptors (Lipinski definition) is 2. The van der Waals surface area contributed by atoms with Gasteiger partial charge >= 0.3 is 0 Å². The Morgan fingerprint density at radius 2 is 1.09 bits per heavy atom. The average Bonchev–Trinajstić information content (AvgIpc) is 2.08. The Morgan fingerprint density at radius 1 is 0.727 bits per heavy atom. The number of rotatable bonds is 6. The highest BCUT2D eigenvalue weighted by Gasteiger charge is 1.84. The van der Waals surface area contributed by atoms with Gasteiger partial charge in [-0.05, 0) is 40.0 Å². The molecule has 0 amide bonds. The maximum absolute atomic E-state index is 3.12. The van der Waals surface area contributed by atoms with E-state index in [1.165, 1.54) is 19.3 Å². The van der Waals surface area contributed by atoms with Crippen molar-refractivity contribution in [3.8, 4) is 0 Å². The number of unbranched alkanes of at least 4 members (excludes halogenated alkanes) is 2. The zero-order valence-electron chi connectivity index (χ0n) is 8.54. The van der Waals surface area contributed by atoms with E-state index in [2.05, 4.69) is 10.6 Å². The molecule has 0 aliphatic rings. The topological polar surface area (TPSA) is 24.1 Å². The van der Waals surface area contributed by atoms with Crippen LogP contribution in [0.25, 0.3) is 0 Å². The minimum Gasteiger partial charge on any atom is -0.320 e. The van der Waals surface area contributed by atoms with Crippen molar-refractivity contribution in [2.45, 2.75) is 33.1 Å². The SMILES string of the molecule is CC.CNCCCCCNC. The van der Waals surface area contributed by atoms with Crippen LogP contribution in [0, 0.1) is 0 Å². The summed E-state index contributed by atoms with van der Waals surface area (Å²) in [5.41, 5.74) is 0. The van der Waals surface area contributed by atoms with Crippen LogP contribution in [-0.2, 0) is 0 Å². The minimum absolute atomic E-state index is 1.16. The lowest BCUT2D eigenvalue weighted by Crippen LogP contribution is -2.10. The molecule has 0 spiro atoms. The third-order valence-corrected chi connectivity index (χ3v) is 1.35. The molecule has 0 aromatic rings. The van der Waals surface area contributed by atoms with E-state index in [-0.39, 0.29) is 0 Å². The quantitative estimate of drug-likeness (QED) is 0.577. The van der Waals surface area contributed by atoms with E-state index < -0.39 is 0 Å². The van der Waals surface area contributed by atoms with Gasteiger partial charge in [0, 0.05) is 0 Å². The summed E-state index contributed by atoms with van der Waals surface area (Å²) < 4.78 is 0. The lowest BCUT2D eigenvalue weighted by molar-refractivity contribution is 0.619. The number of nitrogens with one attached hydrogen (secondary N) is 2. The van der Waals surface area contributed by atoms with E-state index in [0.29, 0.717) is 0 Å². The lowest BCUT2D eigenvalue weighted by atomic mass is 10.2. The van der Waals surface area contributed by atoms with Gasteiger partial charge in [-0.1, -0.05) is 20.3 Å². The molecule has 0 aromatic heterocycles. The summed E-state index contributed by atoms with van der Waals surface area (Å²) >= 11 is 0. The van der Waals surface area contributed by atoms with Gasteiger partial charge in [0.2, 0.25) is 0 Å². The van der Waals surface area contributed by atoms with Crippen molar-refractivity contribution in [1.82, 2.24) is 10.6 Å². The van der Waals surface area contributed by atoms with Crippen molar-refractivity contribution in [3.63, 3.8) is 0 Å². The van der Waals surface area contributed by atoms with Crippen LogP contribution in [0.15, 0.2) is 0 Å². The van der Waals surface area contributed by atoms with Crippen molar-refractivity contribution in [3.05, 3.63) is 0 Å². The molecule has 0 aliphatic heterocycles. The van der Waals surface area contributed by atoms with E-state index in [4.69, 9.17) is 0 Å². The fraction of sp³-hybridized carbons (Fsp3) is 1.00. The molecule has 0 atom stereocenters. The predicted molar refractivity (Wildman–Crippen MR) is 53.1 cm³/mol. The van der Waals surface area contributed by atoms with Crippen LogP contribution in [-0.4, -0.2) is 27.2 Å². The van der Waals surface area contributed by atoms with Crippen molar-refractivity contribution >= 4 is 0 Å². The average molecular weight is 160 g/mol. The summed E-state index contributed by atoms with van der Waals surface area (Å²) in [7, 11) is 4.00. The molecule has 0 saturated carbocycles. The molecule has 0 aromatic carbocycles. The molecule has 0 rings (SSSR count). The van der Waals surface area contributed by atoms with Crippen LogP contribution < -0.4 is 10.6 Å². The summed E-state index contributed by atoms with van der Waals surface area (Å²) in [4.78, 5) is 0. The highest BCUT2D eigenvalue weighted by atomic mass is 14.8. The fourth-order valence-corrected chi connectivity index (χ4v) is 0.780. The van der Waals surface area contributed by atoms with Crippen LogP contribution in [0.4, 0.5) is 0 Å². The van der Waals surface area contributed by atoms with E-state index in [9.17, 15) is 0 Å². The molecule has 0 fully saturated rings. The molecule has 0 bridgehead atoms. The molecule has 2 N–H and O–H groups in total. The predicted octanol–water partition coefficient (Wildman–Crippen LogP) is 1.62. The Morgan fingerprint density at radius 3 is 1.36 bits per heavy atom. The van der Waals surface area contributed by atoms with Gasteiger partial charge in [0.25, 0.3) is 0 Å². The molecule has 2 nitrogen and oxygen atoms in total. The molecular weight excluding hydrogens is 136 g/mol. The Balaban J connectivity index is 0. The second kappa shape index (κ2) is 16.5. The molecule has 70 valence electrons. The molecule has 2 heteroatoms. The summed E-state index contributed by atoms with van der Waals surface area (Å²) in [5.74, 6) is 0. The van der Waals surface area contributed by atoms with Crippen LogP contribution in [0.3, 0.4) is 0 Å². The van der Waals surface area contributed by atoms with Crippen molar-refractivity contribution in [1.29, 1.82) is 0 Å². The second-order valence-electron chi connectivity index (χ2n) is 2.27. The van der Waals surface area contributed by atoms with Crippen molar-refractivity contribution in [2.75, 3.05) is 27.2 Å². The largest absolute Gasteiger partial charge is 0.320 e. The molecule has 0 aliphatic carbocycles. The first-order valence-corrected chi connectivity index (χ1v) is 4.71. The summed E-state index contributed by atoms with van der Waals surface area (Å²) in [5, 5.41) is 6.25. The van der Waals surface area contributed by atoms with E-state index in [0.717, 1.165) is 13.1 Å². The zero-order valence-corrected chi connectivity index (χ0v) is 8.54. The first-order chi connectivity index (χ1) is 5.41. The van der Waals surface area contributed by atoms with Crippen LogP contribution in [0.2, 0.25) is 0 Å². The smallest absolute Gasteiger partial charge is 0.00519 e. The van der Waals surface area contributed by atoms with Gasteiger partial charge in [-0.15, -0.1) is 0 Å². The Bertz CT molecular complexity index is 40.8. The molecule has 0 saturated heterocycles. The zero-order chi connectivity index (χ0) is 8.95. The van der Waals surface area contributed by atoms with E-state index in [1.54, 1.807) is 0 Å². The Labute approximate surface area is 71.8 Å². The highest BCUT2D eigenvalue weighted by molar-refractivity contribution is 4.45.